The summed E-state index contributed by atoms with van der Waals surface area (Å²) in [7, 11) is 1.75. The molecule has 0 amide bonds. The molecule has 2 N–H and O–H groups in total. The van der Waals surface area contributed by atoms with Crippen LogP contribution in [-0.4, -0.2) is 31.8 Å². The van der Waals surface area contributed by atoms with Gasteiger partial charge in [-0.15, -0.1) is 0 Å². The van der Waals surface area contributed by atoms with E-state index in [1.54, 1.807) is 7.11 Å². The highest BCUT2D eigenvalue weighted by Crippen LogP contribution is 2.31. The van der Waals surface area contributed by atoms with E-state index in [4.69, 9.17) is 10.5 Å². The Morgan fingerprint density at radius 1 is 1.29 bits per heavy atom. The van der Waals surface area contributed by atoms with Crippen LogP contribution in [0.25, 0.3) is 11.3 Å². The molecule has 0 radical (unpaired) electrons. The van der Waals surface area contributed by atoms with Crippen LogP contribution < -0.4 is 10.6 Å². The summed E-state index contributed by atoms with van der Waals surface area (Å²) in [6.07, 6.45) is 2.95. The lowest BCUT2D eigenvalue weighted by molar-refractivity contribution is 0.205. The highest BCUT2D eigenvalue weighted by atomic mass is 16.5. The van der Waals surface area contributed by atoms with Crippen molar-refractivity contribution in [3.05, 3.63) is 47.7 Å². The van der Waals surface area contributed by atoms with Crippen molar-refractivity contribution in [3.8, 4) is 11.3 Å². The average molecular weight is 283 g/mol. The molecule has 0 fully saturated rings. The SMILES string of the molecule is COCCN1CCc2cc(-c3ccc(CN)cn3)ccc21. The zero-order valence-corrected chi connectivity index (χ0v) is 12.4. The fourth-order valence-corrected chi connectivity index (χ4v) is 2.78. The second kappa shape index (κ2) is 6.24. The van der Waals surface area contributed by atoms with Crippen molar-refractivity contribution >= 4 is 5.69 Å². The quantitative estimate of drug-likeness (QED) is 0.914. The number of hydrogen-bond donors (Lipinski definition) is 1. The van der Waals surface area contributed by atoms with Crippen LogP contribution in [0.1, 0.15) is 11.1 Å². The summed E-state index contributed by atoms with van der Waals surface area (Å²) < 4.78 is 5.17. The molecule has 0 atom stereocenters. The van der Waals surface area contributed by atoms with Gasteiger partial charge >= 0.3 is 0 Å². The lowest BCUT2D eigenvalue weighted by Gasteiger charge is -2.18. The van der Waals surface area contributed by atoms with Gasteiger partial charge in [-0.1, -0.05) is 12.1 Å². The Morgan fingerprint density at radius 3 is 2.90 bits per heavy atom. The predicted molar refractivity (Wildman–Crippen MR) is 85.4 cm³/mol. The van der Waals surface area contributed by atoms with E-state index in [1.165, 1.54) is 16.8 Å². The molecule has 1 aromatic carbocycles. The molecule has 0 aliphatic carbocycles. The molecule has 110 valence electrons. The molecule has 4 nitrogen and oxygen atoms in total. The summed E-state index contributed by atoms with van der Waals surface area (Å²) >= 11 is 0. The molecule has 3 rings (SSSR count). The fourth-order valence-electron chi connectivity index (χ4n) is 2.78. The summed E-state index contributed by atoms with van der Waals surface area (Å²) in [6, 6.07) is 10.7. The lowest BCUT2D eigenvalue weighted by atomic mass is 10.0. The molecular weight excluding hydrogens is 262 g/mol. The largest absolute Gasteiger partial charge is 0.383 e. The third-order valence-electron chi connectivity index (χ3n) is 3.99. The molecule has 1 aromatic heterocycles. The van der Waals surface area contributed by atoms with Gasteiger partial charge in [-0.05, 0) is 35.7 Å². The van der Waals surface area contributed by atoms with E-state index in [-0.39, 0.29) is 0 Å². The molecule has 0 unspecified atom stereocenters. The normalized spacial score (nSPS) is 13.5. The first-order chi connectivity index (χ1) is 10.3. The molecule has 1 aliphatic heterocycles. The van der Waals surface area contributed by atoms with Crippen molar-refractivity contribution in [1.82, 2.24) is 4.98 Å². The first-order valence-corrected chi connectivity index (χ1v) is 7.34. The smallest absolute Gasteiger partial charge is 0.0702 e. The van der Waals surface area contributed by atoms with Gasteiger partial charge in [0.2, 0.25) is 0 Å². The van der Waals surface area contributed by atoms with Gasteiger partial charge in [0.25, 0.3) is 0 Å². The van der Waals surface area contributed by atoms with Gasteiger partial charge in [-0.2, -0.15) is 0 Å². The monoisotopic (exact) mass is 283 g/mol. The van der Waals surface area contributed by atoms with Gasteiger partial charge < -0.3 is 15.4 Å². The van der Waals surface area contributed by atoms with Crippen molar-refractivity contribution in [3.63, 3.8) is 0 Å². The van der Waals surface area contributed by atoms with E-state index in [0.717, 1.165) is 37.4 Å². The topological polar surface area (TPSA) is 51.4 Å². The van der Waals surface area contributed by atoms with Crippen molar-refractivity contribution < 1.29 is 4.74 Å². The Balaban J connectivity index is 1.83. The number of ether oxygens (including phenoxy) is 1. The molecule has 1 aliphatic rings. The summed E-state index contributed by atoms with van der Waals surface area (Å²) in [5, 5.41) is 0. The van der Waals surface area contributed by atoms with Gasteiger partial charge in [0, 0.05) is 44.2 Å². The van der Waals surface area contributed by atoms with E-state index in [1.807, 2.05) is 18.3 Å². The highest BCUT2D eigenvalue weighted by Gasteiger charge is 2.19. The number of rotatable bonds is 5. The van der Waals surface area contributed by atoms with Crippen LogP contribution in [0.3, 0.4) is 0 Å². The van der Waals surface area contributed by atoms with E-state index >= 15 is 0 Å². The zero-order valence-electron chi connectivity index (χ0n) is 12.4. The van der Waals surface area contributed by atoms with E-state index in [9.17, 15) is 0 Å². The molecule has 0 saturated heterocycles. The lowest BCUT2D eigenvalue weighted by Crippen LogP contribution is -2.24. The molecular formula is C17H21N3O. The Labute approximate surface area is 125 Å². The van der Waals surface area contributed by atoms with Crippen LogP contribution in [0.15, 0.2) is 36.5 Å². The maximum absolute atomic E-state index is 5.61. The summed E-state index contributed by atoms with van der Waals surface area (Å²) in [4.78, 5) is 6.88. The minimum Gasteiger partial charge on any atom is -0.383 e. The van der Waals surface area contributed by atoms with Gasteiger partial charge in [0.05, 0.1) is 12.3 Å². The van der Waals surface area contributed by atoms with Crippen LogP contribution in [-0.2, 0) is 17.7 Å². The van der Waals surface area contributed by atoms with Crippen molar-refractivity contribution in [1.29, 1.82) is 0 Å². The molecule has 0 spiro atoms. The minimum absolute atomic E-state index is 0.534. The van der Waals surface area contributed by atoms with Crippen molar-refractivity contribution in [2.75, 3.05) is 31.7 Å². The Hall–Kier alpha value is -1.91. The number of fused-ring (bicyclic) bond motifs is 1. The molecule has 2 aromatic rings. The zero-order chi connectivity index (χ0) is 14.7. The standard InChI is InChI=1S/C17H21N3O/c1-21-9-8-20-7-6-15-10-14(3-5-17(15)20)16-4-2-13(11-18)12-19-16/h2-5,10,12H,6-9,11,18H2,1H3. The Morgan fingerprint density at radius 2 is 2.19 bits per heavy atom. The van der Waals surface area contributed by atoms with Crippen LogP contribution in [0.4, 0.5) is 5.69 Å². The molecule has 21 heavy (non-hydrogen) atoms. The van der Waals surface area contributed by atoms with Crippen molar-refractivity contribution in [2.45, 2.75) is 13.0 Å². The average Bonchev–Trinajstić information content (AvgIpc) is 2.95. The van der Waals surface area contributed by atoms with Gasteiger partial charge in [-0.3, -0.25) is 4.98 Å². The highest BCUT2D eigenvalue weighted by molar-refractivity contribution is 5.68. The number of methoxy groups -OCH3 is 1. The molecule has 2 heterocycles. The van der Waals surface area contributed by atoms with Crippen LogP contribution >= 0.6 is 0 Å². The third kappa shape index (κ3) is 2.91. The molecule has 0 bridgehead atoms. The van der Waals surface area contributed by atoms with E-state index in [0.29, 0.717) is 6.54 Å². The van der Waals surface area contributed by atoms with E-state index < -0.39 is 0 Å². The minimum atomic E-state index is 0.534. The van der Waals surface area contributed by atoms with Gasteiger partial charge in [-0.25, -0.2) is 0 Å². The predicted octanol–water partition coefficient (Wildman–Crippen LogP) is 2.22. The molecule has 4 heteroatoms. The summed E-state index contributed by atoms with van der Waals surface area (Å²) in [5.41, 5.74) is 11.6. The second-order valence-corrected chi connectivity index (χ2v) is 5.33. The number of pyridine rings is 1. The first-order valence-electron chi connectivity index (χ1n) is 7.34. The van der Waals surface area contributed by atoms with Gasteiger partial charge in [0.1, 0.15) is 0 Å². The maximum atomic E-state index is 5.61. The van der Waals surface area contributed by atoms with E-state index in [2.05, 4.69) is 28.1 Å². The number of nitrogens with zero attached hydrogens (tertiary/aromatic N) is 2. The number of benzene rings is 1. The Kier molecular flexibility index (Phi) is 4.18. The second-order valence-electron chi connectivity index (χ2n) is 5.33. The fraction of sp³-hybridized carbons (Fsp3) is 0.353. The summed E-state index contributed by atoms with van der Waals surface area (Å²) in [6.45, 7) is 3.32. The van der Waals surface area contributed by atoms with Gasteiger partial charge in [0.15, 0.2) is 0 Å². The summed E-state index contributed by atoms with van der Waals surface area (Å²) in [5.74, 6) is 0. The number of aromatic nitrogens is 1. The molecule has 0 saturated carbocycles. The number of nitrogens with two attached hydrogens (primary N) is 1. The Bertz CT molecular complexity index is 610. The van der Waals surface area contributed by atoms with Crippen molar-refractivity contribution in [2.24, 2.45) is 5.73 Å². The van der Waals surface area contributed by atoms with Crippen LogP contribution in [0.5, 0.6) is 0 Å². The number of anilines is 1. The number of hydrogen-bond acceptors (Lipinski definition) is 4. The van der Waals surface area contributed by atoms with Crippen LogP contribution in [0, 0.1) is 0 Å². The maximum Gasteiger partial charge on any atom is 0.0702 e. The third-order valence-corrected chi connectivity index (χ3v) is 3.99. The first kappa shape index (κ1) is 14.0. The van der Waals surface area contributed by atoms with Crippen LogP contribution in [0.2, 0.25) is 0 Å².